The molecule has 1 saturated heterocycles. The first kappa shape index (κ1) is 25.1. The van der Waals surface area contributed by atoms with E-state index in [1.807, 2.05) is 43.0 Å². The molecule has 3 rings (SSSR count). The highest BCUT2D eigenvalue weighted by Crippen LogP contribution is 2.33. The summed E-state index contributed by atoms with van der Waals surface area (Å²) in [6.45, 7) is 9.36. The molecule has 8 nitrogen and oxygen atoms in total. The van der Waals surface area contributed by atoms with Crippen molar-refractivity contribution in [3.8, 4) is 11.6 Å². The van der Waals surface area contributed by atoms with Crippen molar-refractivity contribution < 1.29 is 19.4 Å². The molecule has 2 atom stereocenters. The molecule has 1 aromatic carbocycles. The molecule has 9 heteroatoms. The van der Waals surface area contributed by atoms with Gasteiger partial charge < -0.3 is 24.8 Å². The van der Waals surface area contributed by atoms with Crippen LogP contribution in [0.1, 0.15) is 52.0 Å². The van der Waals surface area contributed by atoms with Crippen molar-refractivity contribution in [3.63, 3.8) is 0 Å². The quantitative estimate of drug-likeness (QED) is 0.541. The molecule has 2 N–H and O–H groups in total. The van der Waals surface area contributed by atoms with Gasteiger partial charge in [0.2, 0.25) is 11.8 Å². The molecule has 1 aromatic heterocycles. The SMILES string of the molecule is CCCNC(=O)C(C)c1ccc(OC2CCN(c3ncnc(OCC(C)(C)O)c3Cl)C2)cc1. The number of hydrogen-bond acceptors (Lipinski definition) is 7. The van der Waals surface area contributed by atoms with Gasteiger partial charge in [0.05, 0.1) is 18.1 Å². The predicted molar refractivity (Wildman–Crippen MR) is 128 cm³/mol. The third-order valence-corrected chi connectivity index (χ3v) is 5.70. The first-order chi connectivity index (χ1) is 15.7. The Hall–Kier alpha value is -2.58. The highest BCUT2D eigenvalue weighted by molar-refractivity contribution is 6.34. The van der Waals surface area contributed by atoms with Crippen molar-refractivity contribution in [3.05, 3.63) is 41.2 Å². The minimum atomic E-state index is -0.992. The van der Waals surface area contributed by atoms with E-state index in [-0.39, 0.29) is 30.4 Å². The molecular formula is C24H33ClN4O4. The molecule has 0 saturated carbocycles. The molecule has 180 valence electrons. The number of nitrogens with zero attached hydrogens (tertiary/aromatic N) is 3. The summed E-state index contributed by atoms with van der Waals surface area (Å²) in [4.78, 5) is 22.6. The molecule has 0 spiro atoms. The van der Waals surface area contributed by atoms with Gasteiger partial charge >= 0.3 is 0 Å². The molecule has 0 aliphatic carbocycles. The zero-order valence-electron chi connectivity index (χ0n) is 19.7. The van der Waals surface area contributed by atoms with Crippen LogP contribution < -0.4 is 19.7 Å². The van der Waals surface area contributed by atoms with Gasteiger partial charge in [-0.1, -0.05) is 30.7 Å². The molecule has 1 fully saturated rings. The standard InChI is InChI=1S/C24H33ClN4O4/c1-5-11-26-22(30)16(2)17-6-8-18(9-7-17)33-19-10-12-29(13-19)21-20(25)23(28-15-27-21)32-14-24(3,4)31/h6-9,15-16,19,31H,5,10-14H2,1-4H3,(H,26,30). The van der Waals surface area contributed by atoms with E-state index in [2.05, 4.69) is 15.3 Å². The molecule has 0 radical (unpaired) electrons. The lowest BCUT2D eigenvalue weighted by Crippen LogP contribution is -2.29. The Balaban J connectivity index is 1.58. The second-order valence-electron chi connectivity index (χ2n) is 8.97. The number of carbonyl (C=O) groups is 1. The van der Waals surface area contributed by atoms with Gasteiger partial charge in [0.1, 0.15) is 29.8 Å². The number of benzene rings is 1. The molecular weight excluding hydrogens is 444 g/mol. The van der Waals surface area contributed by atoms with Crippen LogP contribution in [0.5, 0.6) is 11.6 Å². The van der Waals surface area contributed by atoms with Crippen molar-refractivity contribution >= 4 is 23.3 Å². The van der Waals surface area contributed by atoms with Gasteiger partial charge in [-0.15, -0.1) is 0 Å². The monoisotopic (exact) mass is 476 g/mol. The Kier molecular flexibility index (Phi) is 8.37. The van der Waals surface area contributed by atoms with Gasteiger partial charge in [-0.25, -0.2) is 9.97 Å². The van der Waals surface area contributed by atoms with E-state index in [4.69, 9.17) is 21.1 Å². The lowest BCUT2D eigenvalue weighted by Gasteiger charge is -2.21. The number of carbonyl (C=O) groups excluding carboxylic acids is 1. The van der Waals surface area contributed by atoms with Gasteiger partial charge in [0.15, 0.2) is 5.82 Å². The number of nitrogens with one attached hydrogen (secondary N) is 1. The Morgan fingerprint density at radius 3 is 2.73 bits per heavy atom. The summed E-state index contributed by atoms with van der Waals surface area (Å²) in [5.41, 5.74) is -0.0384. The molecule has 0 bridgehead atoms. The summed E-state index contributed by atoms with van der Waals surface area (Å²) < 4.78 is 11.7. The average molecular weight is 477 g/mol. The maximum absolute atomic E-state index is 12.2. The summed E-state index contributed by atoms with van der Waals surface area (Å²) in [7, 11) is 0. The zero-order valence-corrected chi connectivity index (χ0v) is 20.4. The molecule has 33 heavy (non-hydrogen) atoms. The van der Waals surface area contributed by atoms with Crippen LogP contribution in [0.3, 0.4) is 0 Å². The van der Waals surface area contributed by atoms with Crippen LogP contribution >= 0.6 is 11.6 Å². The summed E-state index contributed by atoms with van der Waals surface area (Å²) in [5.74, 6) is 1.42. The van der Waals surface area contributed by atoms with Crippen molar-refractivity contribution in [2.45, 2.75) is 58.2 Å². The van der Waals surface area contributed by atoms with Crippen LogP contribution in [0.2, 0.25) is 5.02 Å². The number of aromatic nitrogens is 2. The lowest BCUT2D eigenvalue weighted by molar-refractivity contribution is -0.122. The first-order valence-electron chi connectivity index (χ1n) is 11.3. The Morgan fingerprint density at radius 1 is 1.33 bits per heavy atom. The van der Waals surface area contributed by atoms with E-state index in [0.29, 0.717) is 23.9 Å². The Labute approximate surface area is 200 Å². The number of amides is 1. The van der Waals surface area contributed by atoms with Crippen molar-refractivity contribution in [1.82, 2.24) is 15.3 Å². The summed E-state index contributed by atoms with van der Waals surface area (Å²) in [6.07, 6.45) is 3.12. The largest absolute Gasteiger partial charge is 0.489 e. The maximum atomic E-state index is 12.2. The number of aliphatic hydroxyl groups is 1. The highest BCUT2D eigenvalue weighted by atomic mass is 35.5. The van der Waals surface area contributed by atoms with Crippen LogP contribution in [0, 0.1) is 0 Å². The van der Waals surface area contributed by atoms with Gasteiger partial charge in [-0.3, -0.25) is 4.79 Å². The molecule has 2 unspecified atom stereocenters. The van der Waals surface area contributed by atoms with Crippen LogP contribution in [-0.2, 0) is 4.79 Å². The van der Waals surface area contributed by atoms with Crippen LogP contribution in [0.25, 0.3) is 0 Å². The van der Waals surface area contributed by atoms with Crippen LogP contribution in [0.4, 0.5) is 5.82 Å². The zero-order chi connectivity index (χ0) is 24.0. The summed E-state index contributed by atoms with van der Waals surface area (Å²) in [6, 6.07) is 7.68. The van der Waals surface area contributed by atoms with E-state index < -0.39 is 5.60 Å². The highest BCUT2D eigenvalue weighted by Gasteiger charge is 2.28. The second-order valence-corrected chi connectivity index (χ2v) is 9.35. The first-order valence-corrected chi connectivity index (χ1v) is 11.7. The summed E-state index contributed by atoms with van der Waals surface area (Å²) in [5, 5.41) is 13.1. The fourth-order valence-electron chi connectivity index (χ4n) is 3.51. The number of anilines is 1. The maximum Gasteiger partial charge on any atom is 0.238 e. The Bertz CT molecular complexity index is 933. The number of halogens is 1. The number of hydrogen-bond donors (Lipinski definition) is 2. The molecule has 1 aliphatic heterocycles. The fourth-order valence-corrected chi connectivity index (χ4v) is 3.78. The molecule has 2 aromatic rings. The van der Waals surface area contributed by atoms with Gasteiger partial charge in [0, 0.05) is 19.5 Å². The molecule has 2 heterocycles. The fraction of sp³-hybridized carbons (Fsp3) is 0.542. The van der Waals surface area contributed by atoms with Crippen molar-refractivity contribution in [2.24, 2.45) is 0 Å². The van der Waals surface area contributed by atoms with E-state index in [1.165, 1.54) is 6.33 Å². The van der Waals surface area contributed by atoms with Gasteiger partial charge in [0.25, 0.3) is 0 Å². The van der Waals surface area contributed by atoms with Crippen LogP contribution in [-0.4, -0.2) is 58.9 Å². The Morgan fingerprint density at radius 2 is 2.06 bits per heavy atom. The number of rotatable bonds is 10. The lowest BCUT2D eigenvalue weighted by atomic mass is 10.0. The van der Waals surface area contributed by atoms with E-state index in [0.717, 1.165) is 30.7 Å². The van der Waals surface area contributed by atoms with Crippen molar-refractivity contribution in [1.29, 1.82) is 0 Å². The van der Waals surface area contributed by atoms with E-state index in [1.54, 1.807) is 13.8 Å². The van der Waals surface area contributed by atoms with E-state index in [9.17, 15) is 9.90 Å². The topological polar surface area (TPSA) is 96.8 Å². The average Bonchev–Trinajstić information content (AvgIpc) is 3.24. The third kappa shape index (κ3) is 6.95. The molecule has 1 aliphatic rings. The normalized spacial score (nSPS) is 17.0. The minimum Gasteiger partial charge on any atom is -0.489 e. The van der Waals surface area contributed by atoms with E-state index >= 15 is 0 Å². The van der Waals surface area contributed by atoms with Crippen molar-refractivity contribution in [2.75, 3.05) is 31.1 Å². The van der Waals surface area contributed by atoms with Crippen LogP contribution in [0.15, 0.2) is 30.6 Å². The van der Waals surface area contributed by atoms with Gasteiger partial charge in [-0.05, 0) is 44.9 Å². The van der Waals surface area contributed by atoms with Gasteiger partial charge in [-0.2, -0.15) is 0 Å². The molecule has 1 amide bonds. The number of ether oxygens (including phenoxy) is 2. The smallest absolute Gasteiger partial charge is 0.238 e. The summed E-state index contributed by atoms with van der Waals surface area (Å²) >= 11 is 6.48. The minimum absolute atomic E-state index is 0.0205. The third-order valence-electron chi connectivity index (χ3n) is 5.37. The second kappa shape index (κ2) is 11.0. The predicted octanol–water partition coefficient (Wildman–Crippen LogP) is 3.57.